The standard InChI is InChI=1S/C7H12.C2H6/c1-7-5-3-2-4-6-7;1-2/h5H,2-4,6H2,1H3;1-2H3. The molecule has 1 aliphatic rings. The predicted molar refractivity (Wildman–Crippen MR) is 43.6 cm³/mol. The minimum atomic E-state index is 1.33. The zero-order chi connectivity index (χ0) is 7.11. The van der Waals surface area contributed by atoms with Gasteiger partial charge in [-0.25, -0.2) is 0 Å². The zero-order valence-corrected chi connectivity index (χ0v) is 6.91. The molecule has 0 spiro atoms. The van der Waals surface area contributed by atoms with Gasteiger partial charge in [0.25, 0.3) is 0 Å². The van der Waals surface area contributed by atoms with E-state index in [2.05, 4.69) is 13.0 Å². The fraction of sp³-hybridized carbons (Fsp3) is 0.778. The van der Waals surface area contributed by atoms with Crippen LogP contribution in [-0.2, 0) is 0 Å². The Kier molecular flexibility index (Phi) is 5.70. The second-order valence-electron chi connectivity index (χ2n) is 2.30. The van der Waals surface area contributed by atoms with Gasteiger partial charge >= 0.3 is 0 Å². The highest BCUT2D eigenvalue weighted by Gasteiger charge is 1.95. The van der Waals surface area contributed by atoms with Gasteiger partial charge in [-0.05, 0) is 32.6 Å². The van der Waals surface area contributed by atoms with Crippen LogP contribution in [0.25, 0.3) is 0 Å². The molecule has 0 aromatic heterocycles. The Bertz CT molecular complexity index is 80.0. The van der Waals surface area contributed by atoms with Crippen molar-refractivity contribution in [3.63, 3.8) is 0 Å². The first kappa shape index (κ1) is 8.74. The Morgan fingerprint density at radius 1 is 1.22 bits per heavy atom. The first-order chi connectivity index (χ1) is 4.39. The molecule has 0 N–H and O–H groups in total. The van der Waals surface area contributed by atoms with Crippen molar-refractivity contribution in [1.29, 1.82) is 0 Å². The van der Waals surface area contributed by atoms with E-state index in [0.29, 0.717) is 0 Å². The Balaban J connectivity index is 0.000000291. The van der Waals surface area contributed by atoms with Crippen molar-refractivity contribution in [2.24, 2.45) is 0 Å². The van der Waals surface area contributed by atoms with Crippen LogP contribution >= 0.6 is 0 Å². The maximum Gasteiger partial charge on any atom is -0.0323 e. The molecular formula is C9H18. The van der Waals surface area contributed by atoms with E-state index >= 15 is 0 Å². The summed E-state index contributed by atoms with van der Waals surface area (Å²) in [5.41, 5.74) is 1.59. The van der Waals surface area contributed by atoms with Crippen molar-refractivity contribution < 1.29 is 0 Å². The van der Waals surface area contributed by atoms with Crippen LogP contribution in [0.2, 0.25) is 0 Å². The summed E-state index contributed by atoms with van der Waals surface area (Å²) in [5, 5.41) is 0. The lowest BCUT2D eigenvalue weighted by Gasteiger charge is -2.05. The largest absolute Gasteiger partial charge is 0.0856 e. The minimum absolute atomic E-state index is 1.33. The van der Waals surface area contributed by atoms with E-state index in [4.69, 9.17) is 0 Å². The summed E-state index contributed by atoms with van der Waals surface area (Å²) >= 11 is 0. The van der Waals surface area contributed by atoms with Crippen LogP contribution in [0.15, 0.2) is 11.6 Å². The van der Waals surface area contributed by atoms with E-state index in [1.807, 2.05) is 13.8 Å². The molecule has 0 heterocycles. The smallest absolute Gasteiger partial charge is 0.0323 e. The lowest BCUT2D eigenvalue weighted by molar-refractivity contribution is 0.702. The van der Waals surface area contributed by atoms with Crippen LogP contribution in [0.3, 0.4) is 0 Å². The molecule has 54 valence electrons. The van der Waals surface area contributed by atoms with Gasteiger partial charge in [0.1, 0.15) is 0 Å². The van der Waals surface area contributed by atoms with Crippen molar-refractivity contribution in [2.75, 3.05) is 0 Å². The maximum absolute atomic E-state index is 2.35. The molecule has 0 radical (unpaired) electrons. The molecule has 0 amide bonds. The molecule has 0 saturated carbocycles. The lowest BCUT2D eigenvalue weighted by atomic mass is 10.0. The minimum Gasteiger partial charge on any atom is -0.0856 e. The third-order valence-electron chi connectivity index (χ3n) is 1.52. The normalized spacial score (nSPS) is 17.4. The van der Waals surface area contributed by atoms with Crippen molar-refractivity contribution >= 4 is 0 Å². The number of allylic oxidation sites excluding steroid dienone is 2. The first-order valence-corrected chi connectivity index (χ1v) is 4.05. The predicted octanol–water partition coefficient (Wildman–Crippen LogP) is 3.53. The van der Waals surface area contributed by atoms with Gasteiger partial charge in [0.05, 0.1) is 0 Å². The Morgan fingerprint density at radius 2 is 1.89 bits per heavy atom. The van der Waals surface area contributed by atoms with Gasteiger partial charge in [0.2, 0.25) is 0 Å². The molecule has 1 rings (SSSR count). The van der Waals surface area contributed by atoms with Crippen LogP contribution in [-0.4, -0.2) is 0 Å². The van der Waals surface area contributed by atoms with Gasteiger partial charge in [-0.15, -0.1) is 0 Å². The second kappa shape index (κ2) is 5.87. The van der Waals surface area contributed by atoms with Gasteiger partial charge in [-0.1, -0.05) is 25.5 Å². The third kappa shape index (κ3) is 4.26. The summed E-state index contributed by atoms with van der Waals surface area (Å²) in [6.07, 6.45) is 7.86. The van der Waals surface area contributed by atoms with E-state index in [1.54, 1.807) is 5.57 Å². The average molecular weight is 126 g/mol. The average Bonchev–Trinajstić information content (AvgIpc) is 1.94. The van der Waals surface area contributed by atoms with Gasteiger partial charge in [0, 0.05) is 0 Å². The highest BCUT2D eigenvalue weighted by Crippen LogP contribution is 2.15. The summed E-state index contributed by atoms with van der Waals surface area (Å²) in [6, 6.07) is 0. The van der Waals surface area contributed by atoms with E-state index in [9.17, 15) is 0 Å². The van der Waals surface area contributed by atoms with Gasteiger partial charge in [-0.2, -0.15) is 0 Å². The van der Waals surface area contributed by atoms with E-state index in [1.165, 1.54) is 25.7 Å². The molecule has 0 saturated heterocycles. The van der Waals surface area contributed by atoms with Gasteiger partial charge in [0.15, 0.2) is 0 Å². The van der Waals surface area contributed by atoms with Crippen LogP contribution in [0, 0.1) is 0 Å². The molecule has 0 unspecified atom stereocenters. The molecule has 0 aromatic rings. The van der Waals surface area contributed by atoms with E-state index in [0.717, 1.165) is 0 Å². The summed E-state index contributed by atoms with van der Waals surface area (Å²) < 4.78 is 0. The highest BCUT2D eigenvalue weighted by atomic mass is 14.0. The molecule has 0 aliphatic heterocycles. The highest BCUT2D eigenvalue weighted by molar-refractivity contribution is 5.00. The quantitative estimate of drug-likeness (QED) is 0.435. The van der Waals surface area contributed by atoms with Crippen molar-refractivity contribution in [1.82, 2.24) is 0 Å². The van der Waals surface area contributed by atoms with Crippen LogP contribution < -0.4 is 0 Å². The molecule has 0 bridgehead atoms. The van der Waals surface area contributed by atoms with Crippen molar-refractivity contribution in [3.05, 3.63) is 11.6 Å². The number of rotatable bonds is 0. The fourth-order valence-electron chi connectivity index (χ4n) is 0.999. The SMILES string of the molecule is CC.CC1=CCCCC1. The fourth-order valence-corrected chi connectivity index (χ4v) is 0.999. The Hall–Kier alpha value is -0.260. The molecule has 0 nitrogen and oxygen atoms in total. The maximum atomic E-state index is 2.35. The Labute approximate surface area is 59.0 Å². The summed E-state index contributed by atoms with van der Waals surface area (Å²) in [5.74, 6) is 0. The number of hydrogen-bond donors (Lipinski definition) is 0. The Morgan fingerprint density at radius 3 is 2.11 bits per heavy atom. The monoisotopic (exact) mass is 126 g/mol. The molecule has 0 atom stereocenters. The first-order valence-electron chi connectivity index (χ1n) is 4.05. The molecule has 9 heavy (non-hydrogen) atoms. The second-order valence-corrected chi connectivity index (χ2v) is 2.30. The van der Waals surface area contributed by atoms with E-state index < -0.39 is 0 Å². The van der Waals surface area contributed by atoms with Crippen LogP contribution in [0.4, 0.5) is 0 Å². The molecule has 0 heteroatoms. The van der Waals surface area contributed by atoms with Crippen LogP contribution in [0.1, 0.15) is 46.5 Å². The summed E-state index contributed by atoms with van der Waals surface area (Å²) in [6.45, 7) is 6.22. The molecule has 1 aliphatic carbocycles. The zero-order valence-electron chi connectivity index (χ0n) is 6.91. The third-order valence-corrected chi connectivity index (χ3v) is 1.52. The van der Waals surface area contributed by atoms with Crippen molar-refractivity contribution in [3.8, 4) is 0 Å². The van der Waals surface area contributed by atoms with Gasteiger partial charge < -0.3 is 0 Å². The molecular weight excluding hydrogens is 108 g/mol. The molecule has 0 aromatic carbocycles. The molecule has 0 fully saturated rings. The topological polar surface area (TPSA) is 0 Å². The van der Waals surface area contributed by atoms with Crippen molar-refractivity contribution in [2.45, 2.75) is 46.5 Å². The summed E-state index contributed by atoms with van der Waals surface area (Å²) in [7, 11) is 0. The van der Waals surface area contributed by atoms with Gasteiger partial charge in [-0.3, -0.25) is 0 Å². The van der Waals surface area contributed by atoms with Crippen LogP contribution in [0.5, 0.6) is 0 Å². The van der Waals surface area contributed by atoms with E-state index in [-0.39, 0.29) is 0 Å². The lowest BCUT2D eigenvalue weighted by Crippen LogP contribution is -1.85. The number of hydrogen-bond acceptors (Lipinski definition) is 0. The summed E-state index contributed by atoms with van der Waals surface area (Å²) in [4.78, 5) is 0.